The Hall–Kier alpha value is -2.53. The van der Waals surface area contributed by atoms with Gasteiger partial charge in [0.15, 0.2) is 0 Å². The number of hydrogen-bond donors (Lipinski definition) is 0. The summed E-state index contributed by atoms with van der Waals surface area (Å²) in [5, 5.41) is 21.9. The van der Waals surface area contributed by atoms with Crippen LogP contribution in [0.4, 0.5) is 11.4 Å². The summed E-state index contributed by atoms with van der Waals surface area (Å²) in [4.78, 5) is 20.9. The molecule has 0 amide bonds. The molecular weight excluding hydrogens is 407 g/mol. The number of nitro benzene ring substituents is 2. The second-order valence-corrected chi connectivity index (χ2v) is 9.05. The van der Waals surface area contributed by atoms with E-state index in [1.807, 2.05) is 0 Å². The Labute approximate surface area is 165 Å². The van der Waals surface area contributed by atoms with Crippen LogP contribution >= 0.6 is 7.74 Å². The van der Waals surface area contributed by atoms with Crippen molar-refractivity contribution in [2.75, 3.05) is 21.3 Å². The van der Waals surface area contributed by atoms with Crippen LogP contribution in [0.15, 0.2) is 48.5 Å². The molecule has 1 aliphatic rings. The molecule has 156 valence electrons. The molecule has 3 rings (SSSR count). The van der Waals surface area contributed by atoms with Gasteiger partial charge in [-0.25, -0.2) is 0 Å². The minimum absolute atomic E-state index is 0.0812. The average Bonchev–Trinajstić information content (AvgIpc) is 3.12. The molecule has 0 bridgehead atoms. The fraction of sp³-hybridized carbons (Fsp3) is 0.294. The van der Waals surface area contributed by atoms with Crippen LogP contribution < -0.4 is 0 Å². The Bertz CT molecular complexity index is 835. The van der Waals surface area contributed by atoms with E-state index in [9.17, 15) is 20.2 Å². The number of rotatable bonds is 7. The molecule has 1 heterocycles. The zero-order valence-corrected chi connectivity index (χ0v) is 16.7. The van der Waals surface area contributed by atoms with Crippen molar-refractivity contribution in [2.45, 2.75) is 12.2 Å². The summed E-state index contributed by atoms with van der Waals surface area (Å²) in [6.45, 7) is 0. The number of hydrogen-bond acceptors (Lipinski definition) is 9. The van der Waals surface area contributed by atoms with Crippen LogP contribution in [0, 0.1) is 20.2 Å². The van der Waals surface area contributed by atoms with Crippen LogP contribution in [0.5, 0.6) is 0 Å². The zero-order chi connectivity index (χ0) is 21.3. The van der Waals surface area contributed by atoms with Gasteiger partial charge in [0.2, 0.25) is 0 Å². The van der Waals surface area contributed by atoms with Gasteiger partial charge >= 0.3 is 165 Å². The second-order valence-electron chi connectivity index (χ2n) is 6.04. The maximum absolute atomic E-state index is 10.9. The van der Waals surface area contributed by atoms with Gasteiger partial charge < -0.3 is 0 Å². The molecule has 0 spiro atoms. The quantitative estimate of drug-likeness (QED) is 0.359. The van der Waals surface area contributed by atoms with Gasteiger partial charge in [-0.3, -0.25) is 0 Å². The van der Waals surface area contributed by atoms with Crippen LogP contribution in [-0.4, -0.2) is 31.2 Å². The van der Waals surface area contributed by atoms with Gasteiger partial charge in [0.1, 0.15) is 0 Å². The van der Waals surface area contributed by atoms with Gasteiger partial charge in [0.25, 0.3) is 0 Å². The Morgan fingerprint density at radius 2 is 1.03 bits per heavy atom. The van der Waals surface area contributed by atoms with E-state index in [0.717, 1.165) is 0 Å². The standard InChI is InChI=1S/C17H19N2O9P/c1-24-29(25-2,26-3)27-16(12-4-8-14(9-5-12)18(20)21)17(28-29)13-6-10-15(11-7-13)19(22)23/h4-11,16-17H,1-3H3. The van der Waals surface area contributed by atoms with Crippen LogP contribution in [0.1, 0.15) is 23.3 Å². The topological polar surface area (TPSA) is 132 Å². The van der Waals surface area contributed by atoms with Gasteiger partial charge in [-0.1, -0.05) is 0 Å². The van der Waals surface area contributed by atoms with Crippen LogP contribution in [0.2, 0.25) is 0 Å². The molecule has 0 saturated carbocycles. The molecule has 0 N–H and O–H groups in total. The van der Waals surface area contributed by atoms with Crippen molar-refractivity contribution in [3.05, 3.63) is 79.9 Å². The van der Waals surface area contributed by atoms with Gasteiger partial charge in [-0.05, 0) is 0 Å². The van der Waals surface area contributed by atoms with E-state index < -0.39 is 29.8 Å². The van der Waals surface area contributed by atoms with Crippen molar-refractivity contribution in [3.8, 4) is 0 Å². The number of non-ortho nitro benzene ring substituents is 2. The summed E-state index contributed by atoms with van der Waals surface area (Å²) in [5.74, 6) is 0. The van der Waals surface area contributed by atoms with Crippen molar-refractivity contribution >= 4 is 19.1 Å². The molecule has 29 heavy (non-hydrogen) atoms. The average molecular weight is 426 g/mol. The SMILES string of the molecule is COP1(OC)(OC)OC(c2ccc([N+](=O)[O-])cc2)C(c2ccc([N+](=O)[O-])cc2)O1. The molecule has 2 aromatic carbocycles. The van der Waals surface area contributed by atoms with E-state index in [4.69, 9.17) is 22.6 Å². The third kappa shape index (κ3) is 3.71. The first-order chi connectivity index (χ1) is 13.8. The molecule has 2 atom stereocenters. The molecular formula is C17H19N2O9P. The van der Waals surface area contributed by atoms with Gasteiger partial charge in [0.05, 0.1) is 0 Å². The molecule has 0 aliphatic carbocycles. The Morgan fingerprint density at radius 3 is 1.28 bits per heavy atom. The van der Waals surface area contributed by atoms with Crippen molar-refractivity contribution in [1.82, 2.24) is 0 Å². The van der Waals surface area contributed by atoms with Gasteiger partial charge in [-0.2, -0.15) is 0 Å². The van der Waals surface area contributed by atoms with E-state index in [2.05, 4.69) is 0 Å². The van der Waals surface area contributed by atoms with E-state index >= 15 is 0 Å². The zero-order valence-electron chi connectivity index (χ0n) is 15.8. The fourth-order valence-electron chi connectivity index (χ4n) is 3.03. The monoisotopic (exact) mass is 426 g/mol. The second kappa shape index (κ2) is 7.71. The first kappa shape index (κ1) is 21.2. The molecule has 2 unspecified atom stereocenters. The molecule has 1 aliphatic heterocycles. The Kier molecular flexibility index (Phi) is 5.63. The molecule has 2 aromatic rings. The third-order valence-corrected chi connectivity index (χ3v) is 7.54. The molecule has 12 heteroatoms. The first-order valence-corrected chi connectivity index (χ1v) is 10.2. The van der Waals surface area contributed by atoms with E-state index in [1.165, 1.54) is 69.9 Å². The number of nitrogens with zero attached hydrogens (tertiary/aromatic N) is 2. The molecule has 0 radical (unpaired) electrons. The van der Waals surface area contributed by atoms with Gasteiger partial charge in [0, 0.05) is 0 Å². The molecule has 1 fully saturated rings. The Balaban J connectivity index is 2.06. The maximum atomic E-state index is 10.9. The predicted octanol–water partition coefficient (Wildman–Crippen LogP) is 4.40. The van der Waals surface area contributed by atoms with Crippen LogP contribution in [0.25, 0.3) is 0 Å². The van der Waals surface area contributed by atoms with E-state index in [1.54, 1.807) is 0 Å². The van der Waals surface area contributed by atoms with Crippen molar-refractivity contribution < 1.29 is 32.5 Å². The van der Waals surface area contributed by atoms with Crippen molar-refractivity contribution in [3.63, 3.8) is 0 Å². The number of benzene rings is 2. The molecule has 11 nitrogen and oxygen atoms in total. The Morgan fingerprint density at radius 1 is 0.724 bits per heavy atom. The van der Waals surface area contributed by atoms with Gasteiger partial charge in [-0.15, -0.1) is 0 Å². The summed E-state index contributed by atoms with van der Waals surface area (Å²) < 4.78 is 28.4. The number of nitro groups is 2. The summed E-state index contributed by atoms with van der Waals surface area (Å²) in [5.41, 5.74) is 0.942. The summed E-state index contributed by atoms with van der Waals surface area (Å²) in [6, 6.07) is 11.5. The summed E-state index contributed by atoms with van der Waals surface area (Å²) in [7, 11) is -0.477. The predicted molar refractivity (Wildman–Crippen MR) is 102 cm³/mol. The van der Waals surface area contributed by atoms with Crippen LogP contribution in [-0.2, 0) is 22.6 Å². The minimum atomic E-state index is -4.42. The molecule has 1 saturated heterocycles. The third-order valence-electron chi connectivity index (χ3n) is 4.61. The van der Waals surface area contributed by atoms with E-state index in [0.29, 0.717) is 11.1 Å². The van der Waals surface area contributed by atoms with Crippen molar-refractivity contribution in [2.24, 2.45) is 0 Å². The van der Waals surface area contributed by atoms with Crippen LogP contribution in [0.3, 0.4) is 0 Å². The van der Waals surface area contributed by atoms with E-state index in [-0.39, 0.29) is 11.4 Å². The van der Waals surface area contributed by atoms with Crippen molar-refractivity contribution in [1.29, 1.82) is 0 Å². The summed E-state index contributed by atoms with van der Waals surface area (Å²) in [6.07, 6.45) is -1.62. The molecule has 0 aromatic heterocycles. The summed E-state index contributed by atoms with van der Waals surface area (Å²) >= 11 is 0. The fourth-order valence-corrected chi connectivity index (χ4v) is 5.25. The first-order valence-electron chi connectivity index (χ1n) is 8.34. The normalized spacial score (nSPS) is 23.8.